The van der Waals surface area contributed by atoms with Crippen LogP contribution in [0.5, 0.6) is 0 Å². The van der Waals surface area contributed by atoms with E-state index in [9.17, 15) is 4.39 Å². The molecule has 0 heterocycles. The van der Waals surface area contributed by atoms with E-state index in [2.05, 4.69) is 15.6 Å². The van der Waals surface area contributed by atoms with Crippen molar-refractivity contribution >= 4 is 5.96 Å². The lowest BCUT2D eigenvalue weighted by molar-refractivity contribution is 0.123. The zero-order valence-electron chi connectivity index (χ0n) is 12.6. The van der Waals surface area contributed by atoms with Crippen molar-refractivity contribution in [3.63, 3.8) is 0 Å². The van der Waals surface area contributed by atoms with E-state index in [0.29, 0.717) is 6.54 Å². The van der Waals surface area contributed by atoms with Gasteiger partial charge in [0.25, 0.3) is 0 Å². The first kappa shape index (κ1) is 15.8. The maximum absolute atomic E-state index is 12.8. The number of guanidine groups is 1. The number of hydrogen-bond acceptors (Lipinski definition) is 2. The standard InChI is InChI=1S/C16H24FN3O/c1-18-16(19-9-2-10-21-12-14-3-4-14)20-11-13-5-7-15(17)8-6-13/h5-8,14H,2-4,9-12H2,1H3,(H2,18,19,20). The van der Waals surface area contributed by atoms with Crippen LogP contribution in [0.25, 0.3) is 0 Å². The molecule has 0 aliphatic heterocycles. The maximum Gasteiger partial charge on any atom is 0.191 e. The van der Waals surface area contributed by atoms with Crippen molar-refractivity contribution < 1.29 is 9.13 Å². The molecule has 5 heteroatoms. The number of nitrogens with zero attached hydrogens (tertiary/aromatic N) is 1. The molecule has 0 unspecified atom stereocenters. The Labute approximate surface area is 125 Å². The molecule has 1 aromatic rings. The second kappa shape index (κ2) is 8.62. The van der Waals surface area contributed by atoms with E-state index in [1.807, 2.05) is 0 Å². The van der Waals surface area contributed by atoms with E-state index in [-0.39, 0.29) is 5.82 Å². The average molecular weight is 293 g/mol. The largest absolute Gasteiger partial charge is 0.381 e. The van der Waals surface area contributed by atoms with Crippen LogP contribution >= 0.6 is 0 Å². The summed E-state index contributed by atoms with van der Waals surface area (Å²) in [5.41, 5.74) is 1.02. The van der Waals surface area contributed by atoms with E-state index in [1.54, 1.807) is 19.2 Å². The highest BCUT2D eigenvalue weighted by Gasteiger charge is 2.20. The van der Waals surface area contributed by atoms with Crippen LogP contribution < -0.4 is 10.6 Å². The zero-order valence-corrected chi connectivity index (χ0v) is 12.6. The van der Waals surface area contributed by atoms with Gasteiger partial charge in [-0.1, -0.05) is 12.1 Å². The van der Waals surface area contributed by atoms with E-state index in [0.717, 1.165) is 43.6 Å². The van der Waals surface area contributed by atoms with E-state index in [4.69, 9.17) is 4.74 Å². The fourth-order valence-corrected chi connectivity index (χ4v) is 1.92. The molecule has 0 spiro atoms. The Morgan fingerprint density at radius 3 is 2.71 bits per heavy atom. The molecular weight excluding hydrogens is 269 g/mol. The Bertz CT molecular complexity index is 443. The van der Waals surface area contributed by atoms with Gasteiger partial charge in [0.1, 0.15) is 5.82 Å². The summed E-state index contributed by atoms with van der Waals surface area (Å²) in [4.78, 5) is 4.16. The van der Waals surface area contributed by atoms with Gasteiger partial charge < -0.3 is 15.4 Å². The summed E-state index contributed by atoms with van der Waals surface area (Å²) in [6, 6.07) is 6.46. The predicted molar refractivity (Wildman–Crippen MR) is 82.8 cm³/mol. The first-order valence-electron chi connectivity index (χ1n) is 7.54. The number of hydrogen-bond donors (Lipinski definition) is 2. The van der Waals surface area contributed by atoms with E-state index < -0.39 is 0 Å². The molecule has 0 radical (unpaired) electrons. The molecule has 1 aliphatic rings. The summed E-state index contributed by atoms with van der Waals surface area (Å²) in [6.45, 7) is 3.15. The minimum absolute atomic E-state index is 0.215. The van der Waals surface area contributed by atoms with Gasteiger partial charge >= 0.3 is 0 Å². The van der Waals surface area contributed by atoms with Crippen molar-refractivity contribution in [2.75, 3.05) is 26.8 Å². The van der Waals surface area contributed by atoms with Gasteiger partial charge in [-0.15, -0.1) is 0 Å². The van der Waals surface area contributed by atoms with Crippen LogP contribution in [-0.2, 0) is 11.3 Å². The topological polar surface area (TPSA) is 45.7 Å². The number of aliphatic imine (C=N–C) groups is 1. The highest BCUT2D eigenvalue weighted by molar-refractivity contribution is 5.79. The number of rotatable bonds is 8. The summed E-state index contributed by atoms with van der Waals surface area (Å²) in [5, 5.41) is 6.44. The summed E-state index contributed by atoms with van der Waals surface area (Å²) >= 11 is 0. The zero-order chi connectivity index (χ0) is 14.9. The Balaban J connectivity index is 1.55. The molecule has 0 bridgehead atoms. The fraction of sp³-hybridized carbons (Fsp3) is 0.562. The first-order valence-corrected chi connectivity index (χ1v) is 7.54. The molecule has 2 rings (SSSR count). The minimum atomic E-state index is -0.215. The minimum Gasteiger partial charge on any atom is -0.381 e. The summed E-state index contributed by atoms with van der Waals surface area (Å²) < 4.78 is 18.4. The first-order chi connectivity index (χ1) is 10.3. The molecule has 0 aromatic heterocycles. The molecular formula is C16H24FN3O. The Kier molecular flexibility index (Phi) is 6.47. The highest BCUT2D eigenvalue weighted by Crippen LogP contribution is 2.28. The normalized spacial score (nSPS) is 15.0. The van der Waals surface area contributed by atoms with Crippen molar-refractivity contribution in [2.24, 2.45) is 10.9 Å². The molecule has 4 nitrogen and oxygen atoms in total. The van der Waals surface area contributed by atoms with Crippen molar-refractivity contribution in [1.82, 2.24) is 10.6 Å². The van der Waals surface area contributed by atoms with Gasteiger partial charge in [-0.2, -0.15) is 0 Å². The Morgan fingerprint density at radius 1 is 1.29 bits per heavy atom. The second-order valence-corrected chi connectivity index (χ2v) is 5.35. The van der Waals surface area contributed by atoms with Gasteiger partial charge in [-0.05, 0) is 42.9 Å². The summed E-state index contributed by atoms with van der Waals surface area (Å²) in [7, 11) is 1.74. The number of nitrogens with one attached hydrogen (secondary N) is 2. The van der Waals surface area contributed by atoms with Crippen molar-refractivity contribution in [2.45, 2.75) is 25.8 Å². The molecule has 1 aliphatic carbocycles. The highest BCUT2D eigenvalue weighted by atomic mass is 19.1. The van der Waals surface area contributed by atoms with Crippen molar-refractivity contribution in [3.05, 3.63) is 35.6 Å². The quantitative estimate of drug-likeness (QED) is 0.439. The van der Waals surface area contributed by atoms with Crippen LogP contribution in [0.4, 0.5) is 4.39 Å². The monoisotopic (exact) mass is 293 g/mol. The van der Waals surface area contributed by atoms with Gasteiger partial charge in [-0.3, -0.25) is 4.99 Å². The number of halogens is 1. The Morgan fingerprint density at radius 2 is 2.05 bits per heavy atom. The van der Waals surface area contributed by atoms with E-state index >= 15 is 0 Å². The third-order valence-corrected chi connectivity index (χ3v) is 3.41. The lowest BCUT2D eigenvalue weighted by Gasteiger charge is -2.12. The van der Waals surface area contributed by atoms with Gasteiger partial charge in [0.15, 0.2) is 5.96 Å². The SMILES string of the molecule is CN=C(NCCCOCC1CC1)NCc1ccc(F)cc1. The predicted octanol–water partition coefficient (Wildman–Crippen LogP) is 2.31. The van der Waals surface area contributed by atoms with Crippen LogP contribution in [0.2, 0.25) is 0 Å². The molecule has 116 valence electrons. The van der Waals surface area contributed by atoms with Crippen molar-refractivity contribution in [1.29, 1.82) is 0 Å². The van der Waals surface area contributed by atoms with Gasteiger partial charge in [-0.25, -0.2) is 4.39 Å². The molecule has 2 N–H and O–H groups in total. The number of benzene rings is 1. The average Bonchev–Trinajstić information content (AvgIpc) is 3.31. The summed E-state index contributed by atoms with van der Waals surface area (Å²) in [6.07, 6.45) is 3.63. The molecule has 21 heavy (non-hydrogen) atoms. The van der Waals surface area contributed by atoms with Crippen LogP contribution in [0.3, 0.4) is 0 Å². The maximum atomic E-state index is 12.8. The van der Waals surface area contributed by atoms with E-state index in [1.165, 1.54) is 25.0 Å². The molecule has 0 atom stereocenters. The summed E-state index contributed by atoms with van der Waals surface area (Å²) in [5.74, 6) is 1.36. The molecule has 1 aromatic carbocycles. The van der Waals surface area contributed by atoms with Crippen LogP contribution in [0, 0.1) is 11.7 Å². The molecule has 0 saturated heterocycles. The van der Waals surface area contributed by atoms with Crippen LogP contribution in [0.15, 0.2) is 29.3 Å². The van der Waals surface area contributed by atoms with Gasteiger partial charge in [0, 0.05) is 33.4 Å². The second-order valence-electron chi connectivity index (χ2n) is 5.35. The molecule has 0 amide bonds. The van der Waals surface area contributed by atoms with Gasteiger partial charge in [0.05, 0.1) is 0 Å². The van der Waals surface area contributed by atoms with Crippen molar-refractivity contribution in [3.8, 4) is 0 Å². The Hall–Kier alpha value is -1.62. The van der Waals surface area contributed by atoms with Crippen LogP contribution in [-0.4, -0.2) is 32.8 Å². The lowest BCUT2D eigenvalue weighted by Crippen LogP contribution is -2.37. The molecule has 1 saturated carbocycles. The lowest BCUT2D eigenvalue weighted by atomic mass is 10.2. The molecule has 1 fully saturated rings. The van der Waals surface area contributed by atoms with Gasteiger partial charge in [0.2, 0.25) is 0 Å². The number of ether oxygens (including phenoxy) is 1. The fourth-order valence-electron chi connectivity index (χ4n) is 1.92. The third kappa shape index (κ3) is 6.58. The smallest absolute Gasteiger partial charge is 0.191 e. The third-order valence-electron chi connectivity index (χ3n) is 3.41. The van der Waals surface area contributed by atoms with Crippen LogP contribution in [0.1, 0.15) is 24.8 Å².